The molecule has 0 aliphatic carbocycles. The van der Waals surface area contributed by atoms with Crippen LogP contribution in [-0.4, -0.2) is 57.6 Å². The molecule has 0 aliphatic heterocycles. The first-order chi connectivity index (χ1) is 9.93. The molecular weight excluding hydrogens is 265 g/mol. The highest BCUT2D eigenvalue weighted by Gasteiger charge is 2.12. The summed E-state index contributed by atoms with van der Waals surface area (Å²) in [6.07, 6.45) is 2.16. The van der Waals surface area contributed by atoms with Gasteiger partial charge in [-0.05, 0) is 84.8 Å². The zero-order chi connectivity index (χ0) is 15.8. The molecule has 0 aliphatic rings. The fourth-order valence-electron chi connectivity index (χ4n) is 2.42. The van der Waals surface area contributed by atoms with Gasteiger partial charge in [-0.2, -0.15) is 0 Å². The highest BCUT2D eigenvalue weighted by Crippen LogP contribution is 2.19. The number of hydrogen-bond donors (Lipinski definition) is 1. The van der Waals surface area contributed by atoms with Crippen molar-refractivity contribution in [3.8, 4) is 0 Å². The first-order valence-corrected chi connectivity index (χ1v) is 7.70. The summed E-state index contributed by atoms with van der Waals surface area (Å²) in [5, 5.41) is 3.29. The summed E-state index contributed by atoms with van der Waals surface area (Å²) in [6, 6.07) is 5.74. The first-order valence-electron chi connectivity index (χ1n) is 7.70. The van der Waals surface area contributed by atoms with E-state index < -0.39 is 0 Å². The number of rotatable bonds is 9. The van der Waals surface area contributed by atoms with E-state index in [1.54, 1.807) is 13.0 Å². The van der Waals surface area contributed by atoms with Gasteiger partial charge in [0.25, 0.3) is 0 Å². The van der Waals surface area contributed by atoms with E-state index in [1.165, 1.54) is 6.42 Å². The zero-order valence-corrected chi connectivity index (χ0v) is 14.1. The average molecular weight is 295 g/mol. The quantitative estimate of drug-likeness (QED) is 0.755. The highest BCUT2D eigenvalue weighted by atomic mass is 19.1. The lowest BCUT2D eigenvalue weighted by atomic mass is 10.0. The second kappa shape index (κ2) is 9.13. The van der Waals surface area contributed by atoms with E-state index in [9.17, 15) is 4.39 Å². The lowest BCUT2D eigenvalue weighted by Gasteiger charge is -2.22. The van der Waals surface area contributed by atoms with Crippen molar-refractivity contribution in [1.82, 2.24) is 15.1 Å². The molecule has 1 rings (SSSR count). The van der Waals surface area contributed by atoms with E-state index in [0.29, 0.717) is 5.56 Å². The molecule has 1 atom stereocenters. The maximum absolute atomic E-state index is 13.7. The van der Waals surface area contributed by atoms with Crippen molar-refractivity contribution in [3.63, 3.8) is 0 Å². The van der Waals surface area contributed by atoms with E-state index in [-0.39, 0.29) is 11.9 Å². The molecule has 0 saturated heterocycles. The molecule has 0 amide bonds. The number of nitrogens with one attached hydrogen (secondary N) is 1. The van der Waals surface area contributed by atoms with E-state index in [2.05, 4.69) is 36.3 Å². The monoisotopic (exact) mass is 295 g/mol. The van der Waals surface area contributed by atoms with Crippen molar-refractivity contribution >= 4 is 0 Å². The topological polar surface area (TPSA) is 18.5 Å². The van der Waals surface area contributed by atoms with Gasteiger partial charge in [0.1, 0.15) is 5.82 Å². The number of aryl methyl sites for hydroxylation is 1. The summed E-state index contributed by atoms with van der Waals surface area (Å²) in [4.78, 5) is 4.55. The van der Waals surface area contributed by atoms with Gasteiger partial charge in [-0.25, -0.2) is 4.39 Å². The summed E-state index contributed by atoms with van der Waals surface area (Å²) in [5.41, 5.74) is 1.73. The Bertz CT molecular complexity index is 420. The molecule has 1 aromatic rings. The van der Waals surface area contributed by atoms with Crippen LogP contribution in [0.1, 0.15) is 30.0 Å². The molecule has 3 nitrogen and oxygen atoms in total. The average Bonchev–Trinajstić information content (AvgIpc) is 2.42. The van der Waals surface area contributed by atoms with Crippen molar-refractivity contribution in [1.29, 1.82) is 0 Å². The maximum atomic E-state index is 13.7. The van der Waals surface area contributed by atoms with E-state index in [0.717, 1.165) is 31.6 Å². The van der Waals surface area contributed by atoms with Crippen molar-refractivity contribution in [2.45, 2.75) is 25.8 Å². The maximum Gasteiger partial charge on any atom is 0.126 e. The summed E-state index contributed by atoms with van der Waals surface area (Å²) in [7, 11) is 8.29. The number of hydrogen-bond acceptors (Lipinski definition) is 3. The van der Waals surface area contributed by atoms with Crippen LogP contribution in [0.25, 0.3) is 0 Å². The van der Waals surface area contributed by atoms with Gasteiger partial charge in [-0.1, -0.05) is 12.1 Å². The van der Waals surface area contributed by atoms with Gasteiger partial charge in [-0.15, -0.1) is 0 Å². The summed E-state index contributed by atoms with van der Waals surface area (Å²) >= 11 is 0. The van der Waals surface area contributed by atoms with Crippen molar-refractivity contribution < 1.29 is 4.39 Å². The molecule has 0 spiro atoms. The van der Waals surface area contributed by atoms with E-state index >= 15 is 0 Å². The molecule has 1 aromatic carbocycles. The highest BCUT2D eigenvalue weighted by molar-refractivity contribution is 5.25. The fraction of sp³-hybridized carbons (Fsp3) is 0.647. The van der Waals surface area contributed by atoms with Crippen LogP contribution < -0.4 is 5.32 Å². The Kier molecular flexibility index (Phi) is 7.86. The third kappa shape index (κ3) is 6.55. The molecule has 0 saturated carbocycles. The lowest BCUT2D eigenvalue weighted by Crippen LogP contribution is -2.28. The number of halogens is 1. The van der Waals surface area contributed by atoms with Gasteiger partial charge in [0.05, 0.1) is 0 Å². The van der Waals surface area contributed by atoms with Crippen LogP contribution in [0.4, 0.5) is 4.39 Å². The molecule has 0 aromatic heterocycles. The smallest absolute Gasteiger partial charge is 0.126 e. The van der Waals surface area contributed by atoms with Crippen LogP contribution >= 0.6 is 0 Å². The predicted octanol–water partition coefficient (Wildman–Crippen LogP) is 2.67. The van der Waals surface area contributed by atoms with Crippen LogP contribution in [0.2, 0.25) is 0 Å². The normalized spacial score (nSPS) is 13.1. The zero-order valence-electron chi connectivity index (χ0n) is 14.1. The third-order valence-electron chi connectivity index (χ3n) is 3.89. The van der Waals surface area contributed by atoms with Crippen LogP contribution in [-0.2, 0) is 0 Å². The van der Waals surface area contributed by atoms with Gasteiger partial charge in [0.15, 0.2) is 0 Å². The Labute approximate surface area is 129 Å². The predicted molar refractivity (Wildman–Crippen MR) is 88.2 cm³/mol. The standard InChI is InChI=1S/C17H30FN3/c1-14-7-8-15(13-16(14)18)17(19-2)9-12-21(5)11-6-10-20(3)4/h7-8,13,17,19H,6,9-12H2,1-5H3. The van der Waals surface area contributed by atoms with Gasteiger partial charge in [0.2, 0.25) is 0 Å². The molecule has 0 heterocycles. The molecule has 0 bridgehead atoms. The molecule has 21 heavy (non-hydrogen) atoms. The van der Waals surface area contributed by atoms with Crippen LogP contribution in [0.3, 0.4) is 0 Å². The molecular formula is C17H30FN3. The Hall–Kier alpha value is -0.970. The Morgan fingerprint density at radius 2 is 1.86 bits per heavy atom. The van der Waals surface area contributed by atoms with E-state index in [4.69, 9.17) is 0 Å². The van der Waals surface area contributed by atoms with E-state index in [1.807, 2.05) is 19.2 Å². The number of nitrogens with zero attached hydrogens (tertiary/aromatic N) is 2. The minimum Gasteiger partial charge on any atom is -0.313 e. The fourth-order valence-corrected chi connectivity index (χ4v) is 2.42. The second-order valence-corrected chi connectivity index (χ2v) is 6.10. The van der Waals surface area contributed by atoms with Crippen molar-refractivity contribution in [2.75, 3.05) is 47.8 Å². The Morgan fingerprint density at radius 1 is 1.14 bits per heavy atom. The largest absolute Gasteiger partial charge is 0.313 e. The van der Waals surface area contributed by atoms with Crippen LogP contribution in [0, 0.1) is 12.7 Å². The SMILES string of the molecule is CNC(CCN(C)CCCN(C)C)c1ccc(C)c(F)c1. The molecule has 0 fully saturated rings. The first kappa shape index (κ1) is 18.1. The Balaban J connectivity index is 2.45. The van der Waals surface area contributed by atoms with Gasteiger partial charge in [0, 0.05) is 6.04 Å². The van der Waals surface area contributed by atoms with Gasteiger partial charge < -0.3 is 15.1 Å². The third-order valence-corrected chi connectivity index (χ3v) is 3.89. The van der Waals surface area contributed by atoms with Crippen LogP contribution in [0.5, 0.6) is 0 Å². The molecule has 0 radical (unpaired) electrons. The summed E-state index contributed by atoms with van der Waals surface area (Å²) in [5.74, 6) is -0.118. The molecule has 1 N–H and O–H groups in total. The Morgan fingerprint density at radius 3 is 2.43 bits per heavy atom. The molecule has 1 unspecified atom stereocenters. The minimum absolute atomic E-state index is 0.118. The summed E-state index contributed by atoms with van der Waals surface area (Å²) < 4.78 is 13.7. The minimum atomic E-state index is -0.118. The van der Waals surface area contributed by atoms with Gasteiger partial charge in [-0.3, -0.25) is 0 Å². The van der Waals surface area contributed by atoms with Crippen LogP contribution in [0.15, 0.2) is 18.2 Å². The lowest BCUT2D eigenvalue weighted by molar-refractivity contribution is 0.286. The van der Waals surface area contributed by atoms with Crippen molar-refractivity contribution in [3.05, 3.63) is 35.1 Å². The second-order valence-electron chi connectivity index (χ2n) is 6.10. The number of benzene rings is 1. The van der Waals surface area contributed by atoms with Crippen molar-refractivity contribution in [2.24, 2.45) is 0 Å². The molecule has 4 heteroatoms. The molecule has 120 valence electrons. The summed E-state index contributed by atoms with van der Waals surface area (Å²) in [6.45, 7) is 5.01. The van der Waals surface area contributed by atoms with Gasteiger partial charge >= 0.3 is 0 Å².